The van der Waals surface area contributed by atoms with Crippen LogP contribution in [0.3, 0.4) is 0 Å². The van der Waals surface area contributed by atoms with Gasteiger partial charge in [0.2, 0.25) is 5.91 Å². The lowest BCUT2D eigenvalue weighted by Gasteiger charge is -2.38. The average molecular weight is 241 g/mol. The zero-order chi connectivity index (χ0) is 12.3. The Morgan fingerprint density at radius 1 is 1.59 bits per heavy atom. The molecule has 2 heterocycles. The van der Waals surface area contributed by atoms with Crippen LogP contribution in [-0.4, -0.2) is 67.2 Å². The van der Waals surface area contributed by atoms with E-state index in [1.54, 1.807) is 0 Å². The summed E-state index contributed by atoms with van der Waals surface area (Å²) in [6.45, 7) is 5.86. The first-order chi connectivity index (χ1) is 8.22. The third kappa shape index (κ3) is 2.76. The molecule has 0 aromatic rings. The fourth-order valence-electron chi connectivity index (χ4n) is 2.09. The average Bonchev–Trinajstić information content (AvgIpc) is 2.62. The molecule has 2 rings (SSSR count). The summed E-state index contributed by atoms with van der Waals surface area (Å²) in [6, 6.07) is 0.428. The number of carbonyl (C=O) groups excluding carboxylic acids is 2. The van der Waals surface area contributed by atoms with Crippen LogP contribution in [0.25, 0.3) is 0 Å². The Balaban J connectivity index is 1.87. The van der Waals surface area contributed by atoms with Crippen molar-refractivity contribution in [3.63, 3.8) is 0 Å². The maximum absolute atomic E-state index is 11.9. The van der Waals surface area contributed by atoms with Gasteiger partial charge in [0.1, 0.15) is 6.61 Å². The molecule has 2 amide bonds. The highest BCUT2D eigenvalue weighted by molar-refractivity contribution is 5.94. The van der Waals surface area contributed by atoms with Crippen LogP contribution < -0.4 is 5.32 Å². The highest BCUT2D eigenvalue weighted by atomic mass is 16.6. The van der Waals surface area contributed by atoms with Crippen LogP contribution >= 0.6 is 0 Å². The van der Waals surface area contributed by atoms with Crippen LogP contribution in [0.15, 0.2) is 0 Å². The lowest BCUT2D eigenvalue weighted by molar-refractivity contribution is -0.129. The van der Waals surface area contributed by atoms with E-state index in [1.807, 2.05) is 0 Å². The summed E-state index contributed by atoms with van der Waals surface area (Å²) in [7, 11) is 0. The fourth-order valence-corrected chi connectivity index (χ4v) is 2.09. The Bertz CT molecular complexity index is 304. The van der Waals surface area contributed by atoms with E-state index < -0.39 is 6.09 Å². The zero-order valence-corrected chi connectivity index (χ0v) is 10.1. The van der Waals surface area contributed by atoms with Crippen molar-refractivity contribution in [3.05, 3.63) is 0 Å². The zero-order valence-electron chi connectivity index (χ0n) is 10.1. The maximum Gasteiger partial charge on any atom is 0.416 e. The van der Waals surface area contributed by atoms with Gasteiger partial charge in [-0.05, 0) is 13.0 Å². The number of cyclic esters (lactones) is 1. The molecule has 6 heteroatoms. The highest BCUT2D eigenvalue weighted by Crippen LogP contribution is 2.09. The standard InChI is InChI=1S/C11H19N3O3/c1-2-3-13(9-6-12-7-9)8-10(15)14-4-5-17-11(14)16/h9,12H,2-8H2,1H3. The molecule has 0 radical (unpaired) electrons. The highest BCUT2D eigenvalue weighted by Gasteiger charge is 2.32. The smallest absolute Gasteiger partial charge is 0.416 e. The Morgan fingerprint density at radius 3 is 2.82 bits per heavy atom. The molecule has 0 atom stereocenters. The predicted molar refractivity (Wildman–Crippen MR) is 61.6 cm³/mol. The largest absolute Gasteiger partial charge is 0.447 e. The van der Waals surface area contributed by atoms with Gasteiger partial charge in [-0.15, -0.1) is 0 Å². The summed E-state index contributed by atoms with van der Waals surface area (Å²) in [5, 5.41) is 3.19. The molecule has 6 nitrogen and oxygen atoms in total. The molecule has 0 aliphatic carbocycles. The number of hydrogen-bond acceptors (Lipinski definition) is 5. The normalized spacial score (nSPS) is 20.6. The second-order valence-corrected chi connectivity index (χ2v) is 4.44. The summed E-state index contributed by atoms with van der Waals surface area (Å²) >= 11 is 0. The maximum atomic E-state index is 11.9. The van der Waals surface area contributed by atoms with Gasteiger partial charge in [-0.25, -0.2) is 9.69 Å². The second kappa shape index (κ2) is 5.46. The van der Waals surface area contributed by atoms with Gasteiger partial charge in [-0.2, -0.15) is 0 Å². The number of nitrogens with zero attached hydrogens (tertiary/aromatic N) is 2. The molecule has 96 valence electrons. The molecule has 0 spiro atoms. The first kappa shape index (κ1) is 12.3. The minimum absolute atomic E-state index is 0.146. The van der Waals surface area contributed by atoms with Crippen LogP contribution in [0, 0.1) is 0 Å². The third-order valence-electron chi connectivity index (χ3n) is 3.19. The SMILES string of the molecule is CCCN(CC(=O)N1CCOC1=O)C1CNC1. The second-order valence-electron chi connectivity index (χ2n) is 4.44. The number of amides is 2. The Hall–Kier alpha value is -1.14. The molecule has 2 saturated heterocycles. The number of nitrogens with one attached hydrogen (secondary N) is 1. The number of carbonyl (C=O) groups is 2. The number of ether oxygens (including phenoxy) is 1. The molecule has 0 unspecified atom stereocenters. The van der Waals surface area contributed by atoms with E-state index in [4.69, 9.17) is 4.74 Å². The lowest BCUT2D eigenvalue weighted by atomic mass is 10.1. The third-order valence-corrected chi connectivity index (χ3v) is 3.19. The quantitative estimate of drug-likeness (QED) is 0.713. The van der Waals surface area contributed by atoms with E-state index in [-0.39, 0.29) is 5.91 Å². The van der Waals surface area contributed by atoms with E-state index in [0.717, 1.165) is 26.1 Å². The molecule has 1 N–H and O–H groups in total. The summed E-state index contributed by atoms with van der Waals surface area (Å²) < 4.78 is 4.76. The summed E-state index contributed by atoms with van der Waals surface area (Å²) in [4.78, 5) is 26.6. The molecule has 2 aliphatic rings. The van der Waals surface area contributed by atoms with Crippen LogP contribution in [0.2, 0.25) is 0 Å². The van der Waals surface area contributed by atoms with E-state index in [9.17, 15) is 9.59 Å². The van der Waals surface area contributed by atoms with Gasteiger partial charge >= 0.3 is 6.09 Å². The first-order valence-corrected chi connectivity index (χ1v) is 6.14. The summed E-state index contributed by atoms with van der Waals surface area (Å²) in [6.07, 6.45) is 0.506. The van der Waals surface area contributed by atoms with Crippen molar-refractivity contribution in [1.82, 2.24) is 15.1 Å². The van der Waals surface area contributed by atoms with Gasteiger partial charge in [-0.1, -0.05) is 6.92 Å². The fraction of sp³-hybridized carbons (Fsp3) is 0.818. The van der Waals surface area contributed by atoms with E-state index in [0.29, 0.717) is 25.7 Å². The van der Waals surface area contributed by atoms with Crippen molar-refractivity contribution >= 4 is 12.0 Å². The Labute approximate surface area is 101 Å². The summed E-state index contributed by atoms with van der Waals surface area (Å²) in [5.41, 5.74) is 0. The van der Waals surface area contributed by atoms with Crippen molar-refractivity contribution in [2.75, 3.05) is 39.3 Å². The predicted octanol–water partition coefficient (Wildman–Crippen LogP) is -0.351. The number of hydrogen-bond donors (Lipinski definition) is 1. The van der Waals surface area contributed by atoms with E-state index in [2.05, 4.69) is 17.1 Å². The number of rotatable bonds is 5. The van der Waals surface area contributed by atoms with Gasteiger partial charge in [0, 0.05) is 19.1 Å². The molecule has 17 heavy (non-hydrogen) atoms. The first-order valence-electron chi connectivity index (χ1n) is 6.14. The van der Waals surface area contributed by atoms with E-state index >= 15 is 0 Å². The van der Waals surface area contributed by atoms with Crippen molar-refractivity contribution in [3.8, 4) is 0 Å². The molecule has 0 aromatic heterocycles. The number of imide groups is 1. The van der Waals surface area contributed by atoms with Gasteiger partial charge in [0.05, 0.1) is 13.1 Å². The lowest BCUT2D eigenvalue weighted by Crippen LogP contribution is -2.59. The van der Waals surface area contributed by atoms with Gasteiger partial charge in [-0.3, -0.25) is 9.69 Å². The monoisotopic (exact) mass is 241 g/mol. The van der Waals surface area contributed by atoms with Gasteiger partial charge < -0.3 is 10.1 Å². The molecule has 0 aromatic carbocycles. The molecule has 0 bridgehead atoms. The Kier molecular flexibility index (Phi) is 3.96. The van der Waals surface area contributed by atoms with Crippen molar-refractivity contribution in [1.29, 1.82) is 0 Å². The minimum Gasteiger partial charge on any atom is -0.447 e. The van der Waals surface area contributed by atoms with Gasteiger partial charge in [0.15, 0.2) is 0 Å². The topological polar surface area (TPSA) is 61.9 Å². The van der Waals surface area contributed by atoms with Crippen LogP contribution in [-0.2, 0) is 9.53 Å². The minimum atomic E-state index is -0.502. The van der Waals surface area contributed by atoms with Crippen molar-refractivity contribution in [2.45, 2.75) is 19.4 Å². The van der Waals surface area contributed by atoms with Crippen LogP contribution in [0.4, 0.5) is 4.79 Å². The molecule has 0 saturated carbocycles. The molecular formula is C11H19N3O3. The molecular weight excluding hydrogens is 222 g/mol. The van der Waals surface area contributed by atoms with Crippen LogP contribution in [0.1, 0.15) is 13.3 Å². The van der Waals surface area contributed by atoms with Crippen LogP contribution in [0.5, 0.6) is 0 Å². The molecule has 2 fully saturated rings. The van der Waals surface area contributed by atoms with Crippen molar-refractivity contribution < 1.29 is 14.3 Å². The van der Waals surface area contributed by atoms with Gasteiger partial charge in [0.25, 0.3) is 0 Å². The summed E-state index contributed by atoms with van der Waals surface area (Å²) in [5.74, 6) is -0.146. The molecule has 2 aliphatic heterocycles. The Morgan fingerprint density at radius 2 is 2.35 bits per heavy atom. The van der Waals surface area contributed by atoms with E-state index in [1.165, 1.54) is 4.90 Å². The van der Waals surface area contributed by atoms with Crippen molar-refractivity contribution in [2.24, 2.45) is 0 Å².